The van der Waals surface area contributed by atoms with Crippen LogP contribution in [-0.2, 0) is 9.59 Å². The van der Waals surface area contributed by atoms with Gasteiger partial charge < -0.3 is 5.32 Å². The van der Waals surface area contributed by atoms with Gasteiger partial charge >= 0.3 is 0 Å². The molecule has 1 N–H and O–H groups in total. The van der Waals surface area contributed by atoms with E-state index in [1.165, 1.54) is 13.0 Å². The molecule has 0 amide bonds. The Morgan fingerprint density at radius 2 is 1.80 bits per heavy atom. The summed E-state index contributed by atoms with van der Waals surface area (Å²) in [6.07, 6.45) is 0. The largest absolute Gasteiger partial charge is 0.375 e. The summed E-state index contributed by atoms with van der Waals surface area (Å²) in [6.45, 7) is 6.39. The van der Waals surface area contributed by atoms with Crippen LogP contribution in [-0.4, -0.2) is 25.5 Å². The number of benzene rings is 1. The molecule has 1 aromatic rings. The highest BCUT2D eigenvalue weighted by molar-refractivity contribution is 6.32. The third kappa shape index (κ3) is 3.79. The highest BCUT2D eigenvalue weighted by Crippen LogP contribution is 2.13. The first kappa shape index (κ1) is 16.2. The van der Waals surface area contributed by atoms with E-state index in [0.717, 1.165) is 0 Å². The Morgan fingerprint density at radius 3 is 2.30 bits per heavy atom. The highest BCUT2D eigenvalue weighted by atomic mass is 19.1. The van der Waals surface area contributed by atoms with Crippen LogP contribution in [0.1, 0.15) is 27.7 Å². The Bertz CT molecular complexity index is 581. The SMILES string of the molecule is Bc1ccc(NC(C)C(=O)/C(C)=C(/C)C(C)=O)cc1F. The maximum Gasteiger partial charge on any atom is 0.180 e. The summed E-state index contributed by atoms with van der Waals surface area (Å²) in [7, 11) is 1.68. The molecule has 0 heterocycles. The van der Waals surface area contributed by atoms with Gasteiger partial charge in [0.05, 0.1) is 6.04 Å². The van der Waals surface area contributed by atoms with Crippen LogP contribution in [0.5, 0.6) is 0 Å². The summed E-state index contributed by atoms with van der Waals surface area (Å²) in [6, 6.07) is 4.21. The fourth-order valence-electron chi connectivity index (χ4n) is 1.77. The number of rotatable bonds is 5. The number of carbonyl (C=O) groups excluding carboxylic acids is 2. The molecule has 0 aromatic heterocycles. The van der Waals surface area contributed by atoms with Crippen molar-refractivity contribution in [3.63, 3.8) is 0 Å². The van der Waals surface area contributed by atoms with Crippen molar-refractivity contribution in [3.8, 4) is 0 Å². The minimum absolute atomic E-state index is 0.121. The number of Topliss-reactive ketones (excluding diaryl/α,β-unsaturated/α-hetero) is 2. The fourth-order valence-corrected chi connectivity index (χ4v) is 1.77. The molecule has 1 atom stereocenters. The Kier molecular flexibility index (Phi) is 5.25. The van der Waals surface area contributed by atoms with Gasteiger partial charge in [0, 0.05) is 11.3 Å². The topological polar surface area (TPSA) is 46.2 Å². The second kappa shape index (κ2) is 6.50. The summed E-state index contributed by atoms with van der Waals surface area (Å²) in [5.74, 6) is -0.607. The Hall–Kier alpha value is -1.91. The first-order chi connectivity index (χ1) is 9.23. The lowest BCUT2D eigenvalue weighted by Gasteiger charge is -2.16. The average Bonchev–Trinajstić information content (AvgIpc) is 2.40. The number of hydrogen-bond donors (Lipinski definition) is 1. The van der Waals surface area contributed by atoms with Gasteiger partial charge in [-0.05, 0) is 45.4 Å². The molecule has 0 saturated heterocycles. The molecular formula is C15H19BFNO2. The van der Waals surface area contributed by atoms with Gasteiger partial charge in [-0.15, -0.1) is 0 Å². The molecule has 1 unspecified atom stereocenters. The zero-order chi connectivity index (χ0) is 15.4. The smallest absolute Gasteiger partial charge is 0.180 e. The zero-order valence-electron chi connectivity index (χ0n) is 12.5. The average molecular weight is 275 g/mol. The summed E-state index contributed by atoms with van der Waals surface area (Å²) < 4.78 is 13.4. The molecule has 0 bridgehead atoms. The Balaban J connectivity index is 2.88. The van der Waals surface area contributed by atoms with Gasteiger partial charge in [0.1, 0.15) is 13.7 Å². The molecule has 0 aliphatic carbocycles. The lowest BCUT2D eigenvalue weighted by Crippen LogP contribution is -2.28. The summed E-state index contributed by atoms with van der Waals surface area (Å²) >= 11 is 0. The van der Waals surface area contributed by atoms with Crippen molar-refractivity contribution in [2.75, 3.05) is 5.32 Å². The van der Waals surface area contributed by atoms with E-state index in [1.807, 2.05) is 0 Å². The van der Waals surface area contributed by atoms with Crippen LogP contribution >= 0.6 is 0 Å². The van der Waals surface area contributed by atoms with Crippen molar-refractivity contribution in [1.82, 2.24) is 0 Å². The van der Waals surface area contributed by atoms with Gasteiger partial charge in [-0.3, -0.25) is 9.59 Å². The molecular weight excluding hydrogens is 256 g/mol. The van der Waals surface area contributed by atoms with Crippen molar-refractivity contribution in [3.05, 3.63) is 35.2 Å². The summed E-state index contributed by atoms with van der Waals surface area (Å²) in [5.41, 5.74) is 1.99. The Labute approximate surface area is 119 Å². The highest BCUT2D eigenvalue weighted by Gasteiger charge is 2.18. The number of nitrogens with one attached hydrogen (secondary N) is 1. The molecule has 0 saturated carbocycles. The second-order valence-corrected chi connectivity index (χ2v) is 5.00. The number of ketones is 2. The van der Waals surface area contributed by atoms with Crippen molar-refractivity contribution in [2.24, 2.45) is 0 Å². The first-order valence-corrected chi connectivity index (χ1v) is 6.49. The third-order valence-electron chi connectivity index (χ3n) is 3.41. The molecule has 0 aliphatic rings. The molecule has 0 aliphatic heterocycles. The van der Waals surface area contributed by atoms with E-state index in [2.05, 4.69) is 5.32 Å². The molecule has 0 fully saturated rings. The summed E-state index contributed by atoms with van der Waals surface area (Å²) in [5, 5.41) is 2.95. The predicted molar refractivity (Wildman–Crippen MR) is 81.7 cm³/mol. The van der Waals surface area contributed by atoms with Crippen LogP contribution < -0.4 is 10.8 Å². The van der Waals surface area contributed by atoms with Crippen LogP contribution in [0.15, 0.2) is 29.3 Å². The van der Waals surface area contributed by atoms with E-state index < -0.39 is 6.04 Å². The number of anilines is 1. The van der Waals surface area contributed by atoms with E-state index >= 15 is 0 Å². The molecule has 3 nitrogen and oxygen atoms in total. The van der Waals surface area contributed by atoms with Gasteiger partial charge in [0.15, 0.2) is 11.6 Å². The minimum atomic E-state index is -0.522. The van der Waals surface area contributed by atoms with Crippen molar-refractivity contribution in [2.45, 2.75) is 33.7 Å². The van der Waals surface area contributed by atoms with Crippen LogP contribution in [0.3, 0.4) is 0 Å². The molecule has 1 rings (SSSR count). The number of allylic oxidation sites excluding steroid dienone is 1. The maximum absolute atomic E-state index is 13.4. The van der Waals surface area contributed by atoms with Crippen LogP contribution in [0.25, 0.3) is 0 Å². The molecule has 0 radical (unpaired) electrons. The van der Waals surface area contributed by atoms with E-state index in [1.54, 1.807) is 40.8 Å². The van der Waals surface area contributed by atoms with Crippen molar-refractivity contribution in [1.29, 1.82) is 0 Å². The van der Waals surface area contributed by atoms with Crippen LogP contribution in [0, 0.1) is 5.82 Å². The maximum atomic E-state index is 13.4. The third-order valence-corrected chi connectivity index (χ3v) is 3.41. The van der Waals surface area contributed by atoms with Gasteiger partial charge in [0.25, 0.3) is 0 Å². The van der Waals surface area contributed by atoms with E-state index in [-0.39, 0.29) is 17.4 Å². The van der Waals surface area contributed by atoms with Crippen molar-refractivity contribution >= 4 is 30.6 Å². The molecule has 0 spiro atoms. The summed E-state index contributed by atoms with van der Waals surface area (Å²) in [4.78, 5) is 23.5. The molecule has 106 valence electrons. The van der Waals surface area contributed by atoms with Gasteiger partial charge in [0.2, 0.25) is 0 Å². The minimum Gasteiger partial charge on any atom is -0.375 e. The number of hydrogen-bond acceptors (Lipinski definition) is 3. The normalized spacial score (nSPS) is 13.4. The monoisotopic (exact) mass is 275 g/mol. The van der Waals surface area contributed by atoms with E-state index in [4.69, 9.17) is 0 Å². The van der Waals surface area contributed by atoms with E-state index in [9.17, 15) is 14.0 Å². The lowest BCUT2D eigenvalue weighted by molar-refractivity contribution is -0.117. The van der Waals surface area contributed by atoms with Gasteiger partial charge in [-0.1, -0.05) is 11.5 Å². The molecule has 20 heavy (non-hydrogen) atoms. The van der Waals surface area contributed by atoms with Gasteiger partial charge in [-0.25, -0.2) is 4.39 Å². The Morgan fingerprint density at radius 1 is 1.20 bits per heavy atom. The molecule has 1 aromatic carbocycles. The predicted octanol–water partition coefficient (Wildman–Crippen LogP) is 1.38. The zero-order valence-corrected chi connectivity index (χ0v) is 12.5. The number of halogens is 1. The number of carbonyl (C=O) groups is 2. The van der Waals surface area contributed by atoms with Gasteiger partial charge in [-0.2, -0.15) is 0 Å². The second-order valence-electron chi connectivity index (χ2n) is 5.00. The lowest BCUT2D eigenvalue weighted by atomic mass is 9.95. The van der Waals surface area contributed by atoms with Crippen LogP contribution in [0.2, 0.25) is 0 Å². The van der Waals surface area contributed by atoms with E-state index in [0.29, 0.717) is 22.3 Å². The fraction of sp³-hybridized carbons (Fsp3) is 0.333. The first-order valence-electron chi connectivity index (χ1n) is 6.49. The standard InChI is InChI=1S/C15H19BFNO2/c1-8(11(4)19)9(2)15(20)10(3)18-12-5-6-13(16)14(17)7-12/h5-7,10,18H,16H2,1-4H3/b9-8-. The molecule has 5 heteroatoms. The quantitative estimate of drug-likeness (QED) is 0.652. The van der Waals surface area contributed by atoms with Crippen LogP contribution in [0.4, 0.5) is 10.1 Å². The van der Waals surface area contributed by atoms with Crippen molar-refractivity contribution < 1.29 is 14.0 Å².